The Labute approximate surface area is 171 Å². The summed E-state index contributed by atoms with van der Waals surface area (Å²) in [7, 11) is 0. The van der Waals surface area contributed by atoms with Gasteiger partial charge in [-0.3, -0.25) is 5.01 Å². The molecule has 2 heterocycles. The summed E-state index contributed by atoms with van der Waals surface area (Å²) < 4.78 is 5.37. The summed E-state index contributed by atoms with van der Waals surface area (Å²) in [5.41, 5.74) is 6.84. The fraction of sp³-hybridized carbons (Fsp3) is 0.240. The first kappa shape index (κ1) is 18.0. The minimum absolute atomic E-state index is 0.439. The predicted molar refractivity (Wildman–Crippen MR) is 117 cm³/mol. The van der Waals surface area contributed by atoms with Gasteiger partial charge in [-0.15, -0.1) is 0 Å². The summed E-state index contributed by atoms with van der Waals surface area (Å²) in [6, 6.07) is 22.1. The summed E-state index contributed by atoms with van der Waals surface area (Å²) in [6.07, 6.45) is 5.64. The Morgan fingerprint density at radius 3 is 2.24 bits per heavy atom. The number of furan rings is 1. The van der Waals surface area contributed by atoms with Crippen LogP contribution in [0.15, 0.2) is 82.0 Å². The Morgan fingerprint density at radius 2 is 1.62 bits per heavy atom. The summed E-state index contributed by atoms with van der Waals surface area (Å²) in [5, 5.41) is 6.89. The highest BCUT2D eigenvalue weighted by molar-refractivity contribution is 5.83. The van der Waals surface area contributed by atoms with Gasteiger partial charge in [0.25, 0.3) is 0 Å². The van der Waals surface area contributed by atoms with E-state index in [9.17, 15) is 0 Å². The van der Waals surface area contributed by atoms with Gasteiger partial charge in [-0.05, 0) is 41.8 Å². The number of quaternary nitrogens is 1. The quantitative estimate of drug-likeness (QED) is 0.697. The molecule has 1 aromatic heterocycles. The molecule has 0 unspecified atom stereocenters. The fourth-order valence-electron chi connectivity index (χ4n) is 4.59. The lowest BCUT2D eigenvalue weighted by atomic mass is 10.0. The van der Waals surface area contributed by atoms with Gasteiger partial charge in [0.2, 0.25) is 0 Å². The Morgan fingerprint density at radius 1 is 0.966 bits per heavy atom. The minimum Gasteiger partial charge on any atom is -0.465 e. The zero-order valence-electron chi connectivity index (χ0n) is 16.7. The molecule has 4 heteroatoms. The first-order valence-electron chi connectivity index (χ1n) is 10.3. The van der Waals surface area contributed by atoms with E-state index < -0.39 is 0 Å². The molecule has 3 aromatic rings. The molecular formula is C25H26N3O+. The van der Waals surface area contributed by atoms with Crippen LogP contribution in [0.1, 0.15) is 29.9 Å². The number of rotatable bonds is 4. The van der Waals surface area contributed by atoms with Crippen LogP contribution in [0.2, 0.25) is 0 Å². The second-order valence-corrected chi connectivity index (χ2v) is 7.87. The lowest BCUT2D eigenvalue weighted by molar-refractivity contribution is -0.929. The molecule has 2 aliphatic rings. The molecule has 1 aliphatic heterocycles. The number of nitrogens with zero attached hydrogens (tertiary/aromatic N) is 2. The van der Waals surface area contributed by atoms with Gasteiger partial charge in [0, 0.05) is 11.1 Å². The zero-order valence-corrected chi connectivity index (χ0v) is 16.7. The first-order chi connectivity index (χ1) is 14.3. The normalized spacial score (nSPS) is 17.7. The van der Waals surface area contributed by atoms with Crippen molar-refractivity contribution >= 4 is 12.3 Å². The molecule has 4 nitrogen and oxygen atoms in total. The molecular weight excluding hydrogens is 358 g/mol. The number of hydrazone groups is 1. The van der Waals surface area contributed by atoms with Gasteiger partial charge in [-0.1, -0.05) is 48.5 Å². The van der Waals surface area contributed by atoms with Gasteiger partial charge in [-0.25, -0.2) is 0 Å². The topological polar surface area (TPSA) is 33.2 Å². The van der Waals surface area contributed by atoms with Crippen molar-refractivity contribution in [3.63, 3.8) is 0 Å². The number of benzene rings is 2. The minimum atomic E-state index is 0.439. The molecule has 0 spiro atoms. The van der Waals surface area contributed by atoms with E-state index in [-0.39, 0.29) is 0 Å². The number of hydrogen-bond donors (Lipinski definition) is 1. The molecule has 29 heavy (non-hydrogen) atoms. The van der Waals surface area contributed by atoms with Gasteiger partial charge in [0.15, 0.2) is 0 Å². The van der Waals surface area contributed by atoms with E-state index in [1.807, 2.05) is 24.4 Å². The van der Waals surface area contributed by atoms with Crippen molar-refractivity contribution in [3.8, 4) is 11.1 Å². The first-order valence-corrected chi connectivity index (χ1v) is 10.3. The van der Waals surface area contributed by atoms with Crippen LogP contribution >= 0.6 is 0 Å². The number of nitrogens with one attached hydrogen (secondary N) is 1. The van der Waals surface area contributed by atoms with Crippen molar-refractivity contribution < 1.29 is 9.32 Å². The molecule has 1 saturated heterocycles. The largest absolute Gasteiger partial charge is 0.465 e. The van der Waals surface area contributed by atoms with E-state index in [0.717, 1.165) is 37.5 Å². The van der Waals surface area contributed by atoms with Crippen LogP contribution in [-0.2, 0) is 0 Å². The third-order valence-electron chi connectivity index (χ3n) is 5.96. The van der Waals surface area contributed by atoms with Gasteiger partial charge >= 0.3 is 0 Å². The molecule has 0 atom stereocenters. The summed E-state index contributed by atoms with van der Waals surface area (Å²) in [4.78, 5) is 1.64. The van der Waals surface area contributed by atoms with E-state index >= 15 is 0 Å². The smallest absolute Gasteiger partial charge is 0.140 e. The Balaban J connectivity index is 1.28. The molecule has 0 saturated carbocycles. The van der Waals surface area contributed by atoms with E-state index in [1.165, 1.54) is 22.3 Å². The van der Waals surface area contributed by atoms with Crippen molar-refractivity contribution in [3.05, 3.63) is 89.4 Å². The Hall–Kier alpha value is -3.11. The van der Waals surface area contributed by atoms with Gasteiger partial charge in [-0.2, -0.15) is 5.10 Å². The molecule has 1 fully saturated rings. The summed E-state index contributed by atoms with van der Waals surface area (Å²) in [6.45, 7) is 6.18. The lowest BCUT2D eigenvalue weighted by Crippen LogP contribution is -3.14. The second-order valence-electron chi connectivity index (χ2n) is 7.87. The van der Waals surface area contributed by atoms with Crippen LogP contribution in [0.3, 0.4) is 0 Å². The van der Waals surface area contributed by atoms with Crippen molar-refractivity contribution in [1.29, 1.82) is 0 Å². The predicted octanol–water partition coefficient (Wildman–Crippen LogP) is 3.64. The molecule has 146 valence electrons. The third-order valence-corrected chi connectivity index (χ3v) is 5.96. The van der Waals surface area contributed by atoms with Crippen LogP contribution in [0.4, 0.5) is 0 Å². The fourth-order valence-corrected chi connectivity index (χ4v) is 4.59. The monoisotopic (exact) mass is 384 g/mol. The maximum absolute atomic E-state index is 5.37. The van der Waals surface area contributed by atoms with E-state index in [2.05, 4.69) is 60.5 Å². The Kier molecular flexibility index (Phi) is 4.78. The highest BCUT2D eigenvalue weighted by Gasteiger charge is 2.37. The van der Waals surface area contributed by atoms with Crippen molar-refractivity contribution in [2.45, 2.75) is 13.0 Å². The van der Waals surface area contributed by atoms with E-state index in [1.54, 1.807) is 11.2 Å². The molecule has 0 radical (unpaired) electrons. The van der Waals surface area contributed by atoms with Crippen LogP contribution < -0.4 is 4.90 Å². The molecule has 1 aliphatic carbocycles. The van der Waals surface area contributed by atoms with Crippen molar-refractivity contribution in [2.24, 2.45) is 5.10 Å². The molecule has 5 rings (SSSR count). The molecule has 0 bridgehead atoms. The van der Waals surface area contributed by atoms with Crippen molar-refractivity contribution in [2.75, 3.05) is 26.2 Å². The average Bonchev–Trinajstić information content (AvgIpc) is 3.38. The maximum Gasteiger partial charge on any atom is 0.140 e. The van der Waals surface area contributed by atoms with Gasteiger partial charge in [0.1, 0.15) is 11.8 Å². The van der Waals surface area contributed by atoms with E-state index in [4.69, 9.17) is 9.52 Å². The zero-order chi connectivity index (χ0) is 19.6. The number of allylic oxidation sites excluding steroid dienone is 1. The highest BCUT2D eigenvalue weighted by atomic mass is 16.3. The molecule has 2 aromatic carbocycles. The maximum atomic E-state index is 5.37. The van der Waals surface area contributed by atoms with Crippen LogP contribution in [0.25, 0.3) is 17.2 Å². The summed E-state index contributed by atoms with van der Waals surface area (Å²) in [5.74, 6) is 0.863. The lowest BCUT2D eigenvalue weighted by Gasteiger charge is -2.34. The van der Waals surface area contributed by atoms with Gasteiger partial charge < -0.3 is 9.32 Å². The molecule has 0 amide bonds. The molecule has 1 N–H and O–H groups in total. The van der Waals surface area contributed by atoms with Crippen LogP contribution in [0, 0.1) is 0 Å². The van der Waals surface area contributed by atoms with E-state index in [0.29, 0.717) is 6.04 Å². The van der Waals surface area contributed by atoms with Crippen LogP contribution in [0.5, 0.6) is 0 Å². The number of piperazine rings is 1. The second kappa shape index (κ2) is 7.72. The number of fused-ring (bicyclic) bond motifs is 3. The standard InChI is InChI=1S/C25H25N3O/c1-19(17-20-7-6-16-29-20)18-26-28-14-12-27(13-15-28)25-23-10-4-2-8-21(23)22-9-3-5-11-24(22)25/h2-11,16-18,25H,12-15H2,1H3/p+1/b19-17-,26-18-. The van der Waals surface area contributed by atoms with Gasteiger partial charge in [0.05, 0.1) is 38.7 Å². The Bertz CT molecular complexity index is 998. The third kappa shape index (κ3) is 3.52. The average molecular weight is 385 g/mol. The van der Waals surface area contributed by atoms with Crippen molar-refractivity contribution in [1.82, 2.24) is 5.01 Å². The number of hydrogen-bond acceptors (Lipinski definition) is 3. The highest BCUT2D eigenvalue weighted by Crippen LogP contribution is 2.41. The SMILES string of the molecule is CC(/C=N\N1CC[NH+](C2c3ccccc3-c3ccccc32)CC1)=C/c1ccco1. The summed E-state index contributed by atoms with van der Waals surface area (Å²) >= 11 is 0. The van der Waals surface area contributed by atoms with Crippen LogP contribution in [-0.4, -0.2) is 37.4 Å².